The van der Waals surface area contributed by atoms with Crippen molar-refractivity contribution in [3.8, 4) is 0 Å². The average molecular weight is 385 g/mol. The Morgan fingerprint density at radius 3 is 2.64 bits per heavy atom. The minimum atomic E-state index is -0.850. The summed E-state index contributed by atoms with van der Waals surface area (Å²) in [4.78, 5) is 23.2. The van der Waals surface area contributed by atoms with E-state index in [0.29, 0.717) is 36.5 Å². The Hall–Kier alpha value is -1.42. The molecular weight excluding hydrogens is 352 g/mol. The van der Waals surface area contributed by atoms with Gasteiger partial charge in [0.15, 0.2) is 5.78 Å². The first-order valence-corrected chi connectivity index (χ1v) is 11.1. The van der Waals surface area contributed by atoms with Gasteiger partial charge in [-0.2, -0.15) is 0 Å². The Labute approximate surface area is 167 Å². The van der Waals surface area contributed by atoms with Gasteiger partial charge in [-0.05, 0) is 85.2 Å². The zero-order valence-corrected chi connectivity index (χ0v) is 17.0. The van der Waals surface area contributed by atoms with Crippen molar-refractivity contribution in [2.75, 3.05) is 0 Å². The molecule has 0 amide bonds. The SMILES string of the molecule is C[C@]12CCC(=O)C=C1C=CC1C2CC[C@@]2(C)C1C1CC[C@H]1[C@@]2(O)CCC(=O)O. The van der Waals surface area contributed by atoms with Crippen LogP contribution in [0.4, 0.5) is 0 Å². The number of rotatable bonds is 3. The van der Waals surface area contributed by atoms with E-state index < -0.39 is 11.6 Å². The average Bonchev–Trinajstić information content (AvgIpc) is 2.74. The minimum Gasteiger partial charge on any atom is -0.481 e. The number of hydrogen-bond acceptors (Lipinski definition) is 3. The number of hydrogen-bond donors (Lipinski definition) is 2. The van der Waals surface area contributed by atoms with Crippen LogP contribution in [0.2, 0.25) is 0 Å². The first kappa shape index (κ1) is 18.6. The van der Waals surface area contributed by atoms with Crippen LogP contribution in [0, 0.1) is 40.4 Å². The molecule has 5 aliphatic rings. The first-order chi connectivity index (χ1) is 13.2. The normalized spacial score (nSPS) is 51.3. The Bertz CT molecular complexity index is 796. The maximum Gasteiger partial charge on any atom is 0.303 e. The molecule has 0 aromatic carbocycles. The number of aliphatic carboxylic acids is 1. The highest BCUT2D eigenvalue weighted by molar-refractivity contribution is 5.92. The van der Waals surface area contributed by atoms with Gasteiger partial charge in [-0.1, -0.05) is 26.0 Å². The van der Waals surface area contributed by atoms with E-state index in [1.165, 1.54) is 5.57 Å². The Morgan fingerprint density at radius 2 is 1.96 bits per heavy atom. The number of carbonyl (C=O) groups excluding carboxylic acids is 1. The molecule has 4 nitrogen and oxygen atoms in total. The highest BCUT2D eigenvalue weighted by Gasteiger charge is 2.72. The zero-order chi connectivity index (χ0) is 19.9. The summed E-state index contributed by atoms with van der Waals surface area (Å²) in [7, 11) is 0. The third-order valence-corrected chi connectivity index (χ3v) is 9.88. The van der Waals surface area contributed by atoms with E-state index in [1.54, 1.807) is 0 Å². The third-order valence-electron chi connectivity index (χ3n) is 9.88. The Balaban J connectivity index is 1.54. The molecule has 0 aliphatic heterocycles. The second-order valence-corrected chi connectivity index (χ2v) is 10.7. The number of aliphatic hydroxyl groups is 1. The number of allylic oxidation sites excluding steroid dienone is 4. The molecule has 0 aromatic heterocycles. The van der Waals surface area contributed by atoms with Gasteiger partial charge in [-0.3, -0.25) is 9.59 Å². The lowest BCUT2D eigenvalue weighted by Crippen LogP contribution is -2.55. The largest absolute Gasteiger partial charge is 0.481 e. The number of fused-ring (bicyclic) bond motifs is 7. The fraction of sp³-hybridized carbons (Fsp3) is 0.750. The smallest absolute Gasteiger partial charge is 0.303 e. The Morgan fingerprint density at radius 1 is 1.18 bits per heavy atom. The number of carboxylic acids is 1. The van der Waals surface area contributed by atoms with E-state index in [9.17, 15) is 19.8 Å². The van der Waals surface area contributed by atoms with Crippen LogP contribution in [0.15, 0.2) is 23.8 Å². The summed E-state index contributed by atoms with van der Waals surface area (Å²) >= 11 is 0. The van der Waals surface area contributed by atoms with Gasteiger partial charge >= 0.3 is 5.97 Å². The topological polar surface area (TPSA) is 74.6 Å². The van der Waals surface area contributed by atoms with E-state index in [-0.39, 0.29) is 29.0 Å². The fourth-order valence-electron chi connectivity index (χ4n) is 8.28. The van der Waals surface area contributed by atoms with Crippen LogP contribution in [0.3, 0.4) is 0 Å². The first-order valence-electron chi connectivity index (χ1n) is 11.1. The summed E-state index contributed by atoms with van der Waals surface area (Å²) in [6, 6.07) is 0. The molecular formula is C24H32O4. The van der Waals surface area contributed by atoms with Gasteiger partial charge in [0.05, 0.1) is 5.60 Å². The highest BCUT2D eigenvalue weighted by Crippen LogP contribution is 2.73. The van der Waals surface area contributed by atoms with E-state index in [0.717, 1.165) is 32.1 Å². The standard InChI is InChI=1S/C24H32O4/c1-22-10-7-15(25)13-14(22)3-4-16-18(22)8-11-23(2)21(16)17-5-6-19(17)24(23,28)12-9-20(26)27/h3-4,13,16-19,21,28H,5-12H2,1-2H3,(H,26,27)/t16?,17?,18?,19-,21?,22+,23+,24+/m1/s1. The molecule has 0 heterocycles. The molecule has 0 radical (unpaired) electrons. The maximum absolute atomic E-state index is 12.0. The molecule has 0 bridgehead atoms. The van der Waals surface area contributed by atoms with Gasteiger partial charge in [0.1, 0.15) is 0 Å². The summed E-state index contributed by atoms with van der Waals surface area (Å²) < 4.78 is 0. The van der Waals surface area contributed by atoms with Crippen molar-refractivity contribution in [2.45, 2.75) is 70.8 Å². The second-order valence-electron chi connectivity index (χ2n) is 10.7. The van der Waals surface area contributed by atoms with Crippen LogP contribution in [-0.4, -0.2) is 27.6 Å². The van der Waals surface area contributed by atoms with Crippen molar-refractivity contribution in [1.29, 1.82) is 0 Å². The van der Waals surface area contributed by atoms with Crippen LogP contribution in [0.1, 0.15) is 65.2 Å². The summed E-state index contributed by atoms with van der Waals surface area (Å²) in [6.45, 7) is 4.60. The number of carbonyl (C=O) groups is 2. The zero-order valence-electron chi connectivity index (χ0n) is 17.0. The second kappa shape index (κ2) is 5.81. The van der Waals surface area contributed by atoms with Crippen LogP contribution < -0.4 is 0 Å². The van der Waals surface area contributed by atoms with Gasteiger partial charge in [0.25, 0.3) is 0 Å². The van der Waals surface area contributed by atoms with E-state index in [1.807, 2.05) is 6.08 Å². The summed E-state index contributed by atoms with van der Waals surface area (Å²) in [6.07, 6.45) is 12.6. The lowest BCUT2D eigenvalue weighted by Gasteiger charge is -2.57. The fourth-order valence-corrected chi connectivity index (χ4v) is 8.28. The molecule has 0 aromatic rings. The monoisotopic (exact) mass is 384 g/mol. The van der Waals surface area contributed by atoms with Crippen LogP contribution >= 0.6 is 0 Å². The van der Waals surface area contributed by atoms with Gasteiger partial charge in [-0.15, -0.1) is 0 Å². The van der Waals surface area contributed by atoms with Crippen molar-refractivity contribution in [3.05, 3.63) is 23.8 Å². The molecule has 3 saturated carbocycles. The molecule has 5 aliphatic carbocycles. The van der Waals surface area contributed by atoms with Gasteiger partial charge in [0.2, 0.25) is 0 Å². The van der Waals surface area contributed by atoms with Crippen molar-refractivity contribution in [2.24, 2.45) is 40.4 Å². The number of ketones is 1. The predicted octanol–water partition coefficient (Wildman–Crippen LogP) is 4.14. The third kappa shape index (κ3) is 2.16. The lowest BCUT2D eigenvalue weighted by atomic mass is 9.47. The predicted molar refractivity (Wildman–Crippen MR) is 105 cm³/mol. The molecule has 152 valence electrons. The molecule has 8 atom stereocenters. The molecule has 4 unspecified atom stereocenters. The quantitative estimate of drug-likeness (QED) is 0.767. The van der Waals surface area contributed by atoms with Crippen molar-refractivity contribution in [3.63, 3.8) is 0 Å². The summed E-state index contributed by atoms with van der Waals surface area (Å²) in [5.41, 5.74) is 0.215. The van der Waals surface area contributed by atoms with Crippen LogP contribution in [-0.2, 0) is 9.59 Å². The Kier molecular flexibility index (Phi) is 3.86. The lowest BCUT2D eigenvalue weighted by molar-refractivity contribution is -0.150. The molecule has 4 heteroatoms. The summed E-state index contributed by atoms with van der Waals surface area (Å²) in [5, 5.41) is 21.1. The van der Waals surface area contributed by atoms with E-state index >= 15 is 0 Å². The minimum absolute atomic E-state index is 0.0542. The van der Waals surface area contributed by atoms with Gasteiger partial charge in [-0.25, -0.2) is 0 Å². The van der Waals surface area contributed by atoms with Crippen LogP contribution in [0.5, 0.6) is 0 Å². The van der Waals surface area contributed by atoms with E-state index in [2.05, 4.69) is 26.0 Å². The summed E-state index contributed by atoms with van der Waals surface area (Å²) in [5.74, 6) is 1.60. The van der Waals surface area contributed by atoms with Crippen molar-refractivity contribution >= 4 is 11.8 Å². The number of carboxylic acid groups (broad SMARTS) is 1. The van der Waals surface area contributed by atoms with Crippen molar-refractivity contribution < 1.29 is 19.8 Å². The molecule has 2 N–H and O–H groups in total. The van der Waals surface area contributed by atoms with Gasteiger partial charge in [0, 0.05) is 18.3 Å². The van der Waals surface area contributed by atoms with E-state index in [4.69, 9.17) is 0 Å². The van der Waals surface area contributed by atoms with Crippen molar-refractivity contribution in [1.82, 2.24) is 0 Å². The molecule has 3 fully saturated rings. The van der Waals surface area contributed by atoms with Crippen LogP contribution in [0.25, 0.3) is 0 Å². The molecule has 28 heavy (non-hydrogen) atoms. The highest BCUT2D eigenvalue weighted by atomic mass is 16.4. The maximum atomic E-state index is 12.0. The molecule has 0 spiro atoms. The molecule has 0 saturated heterocycles. The van der Waals surface area contributed by atoms with Gasteiger partial charge < -0.3 is 10.2 Å². The molecule has 5 rings (SSSR count).